The van der Waals surface area contributed by atoms with Gasteiger partial charge in [0.1, 0.15) is 0 Å². The summed E-state index contributed by atoms with van der Waals surface area (Å²) in [5, 5.41) is 17.2. The van der Waals surface area contributed by atoms with Gasteiger partial charge in [-0.25, -0.2) is 8.42 Å². The van der Waals surface area contributed by atoms with E-state index in [1.165, 1.54) is 6.07 Å². The molecular formula is C24H19ClN4O4S. The van der Waals surface area contributed by atoms with Crippen molar-refractivity contribution in [3.8, 4) is 11.1 Å². The molecule has 172 valence electrons. The molecule has 4 aromatic rings. The molecule has 0 saturated carbocycles. The molecule has 3 aromatic carbocycles. The van der Waals surface area contributed by atoms with Crippen molar-refractivity contribution in [2.45, 2.75) is 18.0 Å². The zero-order valence-corrected chi connectivity index (χ0v) is 19.4. The van der Waals surface area contributed by atoms with Gasteiger partial charge in [0, 0.05) is 23.3 Å². The van der Waals surface area contributed by atoms with Crippen LogP contribution in [0.3, 0.4) is 0 Å². The molecule has 2 heterocycles. The predicted octanol–water partition coefficient (Wildman–Crippen LogP) is 4.35. The van der Waals surface area contributed by atoms with Crippen LogP contribution >= 0.6 is 11.6 Å². The van der Waals surface area contributed by atoms with Crippen LogP contribution in [0.5, 0.6) is 0 Å². The number of halogens is 1. The molecule has 0 fully saturated rings. The van der Waals surface area contributed by atoms with Crippen molar-refractivity contribution >= 4 is 55.4 Å². The first-order chi connectivity index (χ1) is 16.2. The van der Waals surface area contributed by atoms with Gasteiger partial charge < -0.3 is 15.7 Å². The number of fused-ring (bicyclic) bond motifs is 2. The van der Waals surface area contributed by atoms with Gasteiger partial charge in [-0.3, -0.25) is 14.5 Å². The second kappa shape index (κ2) is 8.28. The number of benzene rings is 3. The van der Waals surface area contributed by atoms with E-state index in [9.17, 15) is 18.3 Å². The maximum Gasteiger partial charge on any atom is 0.274 e. The number of hydrogen-bond donors (Lipinski definition) is 4. The minimum atomic E-state index is -3.99. The molecule has 1 unspecified atom stereocenters. The van der Waals surface area contributed by atoms with Crippen LogP contribution in [0.2, 0.25) is 5.02 Å². The Morgan fingerprint density at radius 3 is 2.65 bits per heavy atom. The molecule has 0 spiro atoms. The average molecular weight is 495 g/mol. The summed E-state index contributed by atoms with van der Waals surface area (Å²) in [5.74, 6) is -0.667. The number of aryl methyl sites for hydroxylation is 1. The third-order valence-electron chi connectivity index (χ3n) is 5.58. The SMILES string of the molecule is Cc1cc2c(cc1S(=O)(=O)Nc1ccc(-c3ccc4cnccc4c3)c(Cl)c1)NC(=O)C(O)N2. The topological polar surface area (TPSA) is 120 Å². The molecule has 1 aliphatic rings. The van der Waals surface area contributed by atoms with E-state index < -0.39 is 22.2 Å². The number of aliphatic hydroxyl groups is 1. The monoisotopic (exact) mass is 494 g/mol. The number of sulfonamides is 1. The molecule has 0 radical (unpaired) electrons. The molecule has 8 nitrogen and oxygen atoms in total. The third-order valence-corrected chi connectivity index (χ3v) is 7.41. The first-order valence-electron chi connectivity index (χ1n) is 10.3. The lowest BCUT2D eigenvalue weighted by molar-refractivity contribution is -0.122. The van der Waals surface area contributed by atoms with E-state index >= 15 is 0 Å². The number of rotatable bonds is 4. The summed E-state index contributed by atoms with van der Waals surface area (Å²) >= 11 is 6.52. The van der Waals surface area contributed by atoms with E-state index in [2.05, 4.69) is 20.3 Å². The molecule has 0 aliphatic carbocycles. The van der Waals surface area contributed by atoms with Crippen LogP contribution in [0, 0.1) is 6.92 Å². The van der Waals surface area contributed by atoms with Crippen molar-refractivity contribution in [1.82, 2.24) is 4.98 Å². The highest BCUT2D eigenvalue weighted by molar-refractivity contribution is 7.92. The van der Waals surface area contributed by atoms with Crippen molar-refractivity contribution in [2.75, 3.05) is 15.4 Å². The Morgan fingerprint density at radius 1 is 1.03 bits per heavy atom. The van der Waals surface area contributed by atoms with Crippen molar-refractivity contribution in [1.29, 1.82) is 0 Å². The summed E-state index contributed by atoms with van der Waals surface area (Å²) in [7, 11) is -3.99. The molecule has 1 atom stereocenters. The number of pyridine rings is 1. The van der Waals surface area contributed by atoms with Crippen LogP contribution in [0.1, 0.15) is 5.56 Å². The van der Waals surface area contributed by atoms with Gasteiger partial charge in [0.2, 0.25) is 6.23 Å². The fourth-order valence-corrected chi connectivity index (χ4v) is 5.48. The van der Waals surface area contributed by atoms with Gasteiger partial charge in [0.25, 0.3) is 15.9 Å². The number of amides is 1. The number of anilines is 3. The van der Waals surface area contributed by atoms with Crippen LogP contribution in [0.25, 0.3) is 21.9 Å². The van der Waals surface area contributed by atoms with E-state index in [0.29, 0.717) is 22.0 Å². The number of nitrogens with one attached hydrogen (secondary N) is 3. The second-order valence-electron chi connectivity index (χ2n) is 7.94. The normalized spacial score (nSPS) is 15.4. The average Bonchev–Trinajstić information content (AvgIpc) is 2.79. The Labute approximate surface area is 200 Å². The summed E-state index contributed by atoms with van der Waals surface area (Å²) in [5.41, 5.74) is 3.10. The first-order valence-corrected chi connectivity index (χ1v) is 12.1. The van der Waals surface area contributed by atoms with Gasteiger partial charge in [0.15, 0.2) is 0 Å². The number of carbonyl (C=O) groups excluding carboxylic acids is 1. The van der Waals surface area contributed by atoms with E-state index in [1.807, 2.05) is 24.3 Å². The number of hydrogen-bond acceptors (Lipinski definition) is 6. The van der Waals surface area contributed by atoms with Crippen LogP contribution in [-0.4, -0.2) is 30.6 Å². The lowest BCUT2D eigenvalue weighted by atomic mass is 10.0. The van der Waals surface area contributed by atoms with E-state index in [0.717, 1.165) is 21.9 Å². The van der Waals surface area contributed by atoms with E-state index in [4.69, 9.17) is 11.6 Å². The minimum Gasteiger partial charge on any atom is -0.366 e. The van der Waals surface area contributed by atoms with Gasteiger partial charge in [-0.2, -0.15) is 0 Å². The third kappa shape index (κ3) is 4.05. The summed E-state index contributed by atoms with van der Waals surface area (Å²) in [6.45, 7) is 1.63. The maximum atomic E-state index is 13.1. The molecular weight excluding hydrogens is 476 g/mol. The highest BCUT2D eigenvalue weighted by atomic mass is 35.5. The lowest BCUT2D eigenvalue weighted by Gasteiger charge is -2.24. The molecule has 1 amide bonds. The van der Waals surface area contributed by atoms with Crippen molar-refractivity contribution < 1.29 is 18.3 Å². The van der Waals surface area contributed by atoms with Crippen LogP contribution in [0.4, 0.5) is 17.1 Å². The molecule has 4 N–H and O–H groups in total. The molecule has 10 heteroatoms. The van der Waals surface area contributed by atoms with Crippen molar-refractivity contribution in [3.63, 3.8) is 0 Å². The van der Waals surface area contributed by atoms with E-state index in [-0.39, 0.29) is 10.6 Å². The number of aromatic nitrogens is 1. The Kier molecular flexibility index (Phi) is 5.40. The van der Waals surface area contributed by atoms with Crippen molar-refractivity contribution in [3.05, 3.63) is 77.6 Å². The smallest absolute Gasteiger partial charge is 0.274 e. The fourth-order valence-electron chi connectivity index (χ4n) is 3.89. The Morgan fingerprint density at radius 2 is 1.85 bits per heavy atom. The van der Waals surface area contributed by atoms with Crippen LogP contribution in [-0.2, 0) is 14.8 Å². The molecule has 0 saturated heterocycles. The Balaban J connectivity index is 1.45. The number of aliphatic hydroxyl groups excluding tert-OH is 1. The highest BCUT2D eigenvalue weighted by Gasteiger charge is 2.27. The summed E-state index contributed by atoms with van der Waals surface area (Å²) in [4.78, 5) is 15.9. The first kappa shape index (κ1) is 22.1. The minimum absolute atomic E-state index is 0.00641. The van der Waals surface area contributed by atoms with Gasteiger partial charge in [-0.05, 0) is 59.8 Å². The zero-order chi connectivity index (χ0) is 24.0. The molecule has 1 aliphatic heterocycles. The van der Waals surface area contributed by atoms with Gasteiger partial charge in [0.05, 0.1) is 27.0 Å². The largest absolute Gasteiger partial charge is 0.366 e. The predicted molar refractivity (Wildman–Crippen MR) is 132 cm³/mol. The maximum absolute atomic E-state index is 13.1. The summed E-state index contributed by atoms with van der Waals surface area (Å²) < 4.78 is 28.8. The number of nitrogens with zero attached hydrogens (tertiary/aromatic N) is 1. The summed E-state index contributed by atoms with van der Waals surface area (Å²) in [6.07, 6.45) is 2.11. The van der Waals surface area contributed by atoms with Crippen LogP contribution in [0.15, 0.2) is 71.9 Å². The highest BCUT2D eigenvalue weighted by Crippen LogP contribution is 2.35. The van der Waals surface area contributed by atoms with Gasteiger partial charge in [-0.15, -0.1) is 0 Å². The van der Waals surface area contributed by atoms with Gasteiger partial charge in [-0.1, -0.05) is 29.8 Å². The standard InChI is InChI=1S/C24H19ClN4O4S/c1-13-8-20-21(28-24(31)23(30)27-20)11-22(13)34(32,33)29-17-4-5-18(19(25)10-17)15-2-3-16-12-26-7-6-14(16)9-15/h2-12,23,27,29-30H,1H3,(H,28,31). The van der Waals surface area contributed by atoms with Crippen molar-refractivity contribution in [2.24, 2.45) is 0 Å². The number of carbonyl (C=O) groups is 1. The van der Waals surface area contributed by atoms with E-state index in [1.54, 1.807) is 43.6 Å². The Bertz CT molecular complexity index is 1570. The zero-order valence-electron chi connectivity index (χ0n) is 17.8. The van der Waals surface area contributed by atoms with Gasteiger partial charge >= 0.3 is 0 Å². The molecule has 1 aromatic heterocycles. The van der Waals surface area contributed by atoms with Crippen LogP contribution < -0.4 is 15.4 Å². The lowest BCUT2D eigenvalue weighted by Crippen LogP contribution is -2.38. The Hall–Kier alpha value is -3.66. The molecule has 34 heavy (non-hydrogen) atoms. The molecule has 0 bridgehead atoms. The quantitative estimate of drug-likeness (QED) is 0.335. The second-order valence-corrected chi connectivity index (χ2v) is 10.00. The summed E-state index contributed by atoms with van der Waals surface area (Å²) in [6, 6.07) is 15.7. The fraction of sp³-hybridized carbons (Fsp3) is 0.0833. The molecule has 5 rings (SSSR count).